The van der Waals surface area contributed by atoms with Crippen LogP contribution in [0, 0.1) is 12.8 Å². The second-order valence-electron chi connectivity index (χ2n) is 8.23. The maximum atomic E-state index is 13.4. The lowest BCUT2D eigenvalue weighted by molar-refractivity contribution is -0.120. The van der Waals surface area contributed by atoms with E-state index in [4.69, 9.17) is 0 Å². The van der Waals surface area contributed by atoms with Crippen LogP contribution in [0.1, 0.15) is 40.9 Å². The predicted octanol–water partition coefficient (Wildman–Crippen LogP) is 5.16. The van der Waals surface area contributed by atoms with Gasteiger partial charge < -0.3 is 10.2 Å². The van der Waals surface area contributed by atoms with E-state index >= 15 is 0 Å². The first-order valence-corrected chi connectivity index (χ1v) is 10.7. The Morgan fingerprint density at radius 1 is 0.839 bits per heavy atom. The molecule has 0 heterocycles. The number of benzene rings is 3. The first-order chi connectivity index (χ1) is 14.9. The second kappa shape index (κ2) is 10.6. The van der Waals surface area contributed by atoms with Gasteiger partial charge in [0.2, 0.25) is 5.91 Å². The Bertz CT molecular complexity index is 1010. The Balaban J connectivity index is 1.83. The molecule has 0 unspecified atom stereocenters. The standard InChI is InChI=1S/C27H30N2O2/c1-20(2)18-28-26(30)17-22-13-15-24(16-14-22)29(19-23-10-5-4-6-11-23)27(31)25-12-8-7-9-21(25)3/h4-16,20H,17-19H2,1-3H3,(H,28,30). The summed E-state index contributed by atoms with van der Waals surface area (Å²) < 4.78 is 0. The number of rotatable bonds is 8. The van der Waals surface area contributed by atoms with Crippen molar-refractivity contribution in [3.63, 3.8) is 0 Å². The van der Waals surface area contributed by atoms with E-state index < -0.39 is 0 Å². The van der Waals surface area contributed by atoms with Crippen LogP contribution in [0.5, 0.6) is 0 Å². The number of nitrogens with one attached hydrogen (secondary N) is 1. The van der Waals surface area contributed by atoms with Crippen LogP contribution < -0.4 is 10.2 Å². The molecule has 0 atom stereocenters. The normalized spacial score (nSPS) is 10.7. The van der Waals surface area contributed by atoms with Gasteiger partial charge in [-0.1, -0.05) is 74.5 Å². The third-order valence-electron chi connectivity index (χ3n) is 5.12. The molecule has 0 aromatic heterocycles. The Labute approximate surface area is 184 Å². The van der Waals surface area contributed by atoms with Gasteiger partial charge in [-0.15, -0.1) is 0 Å². The van der Waals surface area contributed by atoms with E-state index in [0.29, 0.717) is 31.0 Å². The van der Waals surface area contributed by atoms with Gasteiger partial charge in [0.25, 0.3) is 5.91 Å². The average molecular weight is 415 g/mol. The molecule has 1 N–H and O–H groups in total. The first-order valence-electron chi connectivity index (χ1n) is 10.7. The smallest absolute Gasteiger partial charge is 0.258 e. The van der Waals surface area contributed by atoms with E-state index in [2.05, 4.69) is 19.2 Å². The molecule has 0 bridgehead atoms. The SMILES string of the molecule is Cc1ccccc1C(=O)N(Cc1ccccc1)c1ccc(CC(=O)NCC(C)C)cc1. The monoisotopic (exact) mass is 414 g/mol. The molecule has 4 nitrogen and oxygen atoms in total. The fourth-order valence-electron chi connectivity index (χ4n) is 3.36. The maximum Gasteiger partial charge on any atom is 0.258 e. The van der Waals surface area contributed by atoms with E-state index in [-0.39, 0.29) is 11.8 Å². The highest BCUT2D eigenvalue weighted by molar-refractivity contribution is 6.07. The molecule has 0 aliphatic heterocycles. The van der Waals surface area contributed by atoms with Gasteiger partial charge in [-0.2, -0.15) is 0 Å². The zero-order valence-corrected chi connectivity index (χ0v) is 18.5. The van der Waals surface area contributed by atoms with E-state index in [0.717, 1.165) is 22.4 Å². The summed E-state index contributed by atoms with van der Waals surface area (Å²) >= 11 is 0. The summed E-state index contributed by atoms with van der Waals surface area (Å²) in [6.45, 7) is 7.24. The van der Waals surface area contributed by atoms with Crippen molar-refractivity contribution in [3.8, 4) is 0 Å². The van der Waals surface area contributed by atoms with Crippen molar-refractivity contribution in [1.29, 1.82) is 0 Å². The molecule has 160 valence electrons. The summed E-state index contributed by atoms with van der Waals surface area (Å²) in [5.74, 6) is 0.397. The van der Waals surface area contributed by atoms with Gasteiger partial charge >= 0.3 is 0 Å². The highest BCUT2D eigenvalue weighted by Gasteiger charge is 2.20. The Morgan fingerprint density at radius 2 is 1.48 bits per heavy atom. The number of nitrogens with zero attached hydrogens (tertiary/aromatic N) is 1. The van der Waals surface area contributed by atoms with Crippen molar-refractivity contribution < 1.29 is 9.59 Å². The molecule has 2 amide bonds. The van der Waals surface area contributed by atoms with Crippen molar-refractivity contribution in [2.24, 2.45) is 5.92 Å². The molecule has 3 rings (SSSR count). The van der Waals surface area contributed by atoms with Gasteiger partial charge in [0, 0.05) is 17.8 Å². The number of carbonyl (C=O) groups excluding carboxylic acids is 2. The highest BCUT2D eigenvalue weighted by atomic mass is 16.2. The van der Waals surface area contributed by atoms with E-state index in [9.17, 15) is 9.59 Å². The number of hydrogen-bond donors (Lipinski definition) is 1. The van der Waals surface area contributed by atoms with Gasteiger partial charge in [0.15, 0.2) is 0 Å². The van der Waals surface area contributed by atoms with Crippen LogP contribution in [0.2, 0.25) is 0 Å². The van der Waals surface area contributed by atoms with E-state index in [1.165, 1.54) is 0 Å². The molecule has 3 aromatic rings. The van der Waals surface area contributed by atoms with Gasteiger partial charge in [-0.25, -0.2) is 0 Å². The van der Waals surface area contributed by atoms with Crippen LogP contribution in [0.3, 0.4) is 0 Å². The zero-order valence-electron chi connectivity index (χ0n) is 18.5. The average Bonchev–Trinajstić information content (AvgIpc) is 2.77. The van der Waals surface area contributed by atoms with Crippen molar-refractivity contribution in [2.45, 2.75) is 33.7 Å². The lowest BCUT2D eigenvalue weighted by atomic mass is 10.1. The Hall–Kier alpha value is -3.40. The minimum Gasteiger partial charge on any atom is -0.356 e. The molecule has 31 heavy (non-hydrogen) atoms. The molecular formula is C27H30N2O2. The number of aryl methyl sites for hydroxylation is 1. The molecular weight excluding hydrogens is 384 g/mol. The van der Waals surface area contributed by atoms with Crippen LogP contribution in [-0.4, -0.2) is 18.4 Å². The Morgan fingerprint density at radius 3 is 2.13 bits per heavy atom. The highest BCUT2D eigenvalue weighted by Crippen LogP contribution is 2.22. The maximum absolute atomic E-state index is 13.4. The number of hydrogen-bond acceptors (Lipinski definition) is 2. The summed E-state index contributed by atoms with van der Waals surface area (Å²) in [7, 11) is 0. The van der Waals surface area contributed by atoms with Crippen molar-refractivity contribution in [1.82, 2.24) is 5.32 Å². The van der Waals surface area contributed by atoms with Crippen LogP contribution >= 0.6 is 0 Å². The van der Waals surface area contributed by atoms with Crippen molar-refractivity contribution in [3.05, 3.63) is 101 Å². The molecule has 0 fully saturated rings. The number of anilines is 1. The summed E-state index contributed by atoms with van der Waals surface area (Å²) in [4.78, 5) is 27.4. The molecule has 0 radical (unpaired) electrons. The molecule has 0 aliphatic carbocycles. The van der Waals surface area contributed by atoms with Gasteiger partial charge in [0.1, 0.15) is 0 Å². The largest absolute Gasteiger partial charge is 0.356 e. The fraction of sp³-hybridized carbons (Fsp3) is 0.259. The minimum absolute atomic E-state index is 0.0126. The molecule has 0 saturated heterocycles. The lowest BCUT2D eigenvalue weighted by Gasteiger charge is -2.24. The fourth-order valence-corrected chi connectivity index (χ4v) is 3.36. The van der Waals surface area contributed by atoms with Gasteiger partial charge in [0.05, 0.1) is 13.0 Å². The third-order valence-corrected chi connectivity index (χ3v) is 5.12. The van der Waals surface area contributed by atoms with Crippen LogP contribution in [0.25, 0.3) is 0 Å². The van der Waals surface area contributed by atoms with Crippen molar-refractivity contribution >= 4 is 17.5 Å². The quantitative estimate of drug-likeness (QED) is 0.554. The minimum atomic E-state index is -0.0376. The summed E-state index contributed by atoms with van der Waals surface area (Å²) in [5, 5.41) is 2.94. The summed E-state index contributed by atoms with van der Waals surface area (Å²) in [6, 6.07) is 25.3. The Kier molecular flexibility index (Phi) is 7.60. The first kappa shape index (κ1) is 22.3. The van der Waals surface area contributed by atoms with Gasteiger partial charge in [-0.05, 0) is 47.7 Å². The second-order valence-corrected chi connectivity index (χ2v) is 8.23. The van der Waals surface area contributed by atoms with Crippen LogP contribution in [0.15, 0.2) is 78.9 Å². The lowest BCUT2D eigenvalue weighted by Crippen LogP contribution is -2.31. The molecule has 0 aliphatic rings. The summed E-state index contributed by atoms with van der Waals surface area (Å²) in [5.41, 5.74) is 4.43. The topological polar surface area (TPSA) is 49.4 Å². The van der Waals surface area contributed by atoms with Crippen LogP contribution in [0.4, 0.5) is 5.69 Å². The van der Waals surface area contributed by atoms with E-state index in [1.807, 2.05) is 85.8 Å². The van der Waals surface area contributed by atoms with Crippen LogP contribution in [-0.2, 0) is 17.8 Å². The molecule has 0 spiro atoms. The zero-order chi connectivity index (χ0) is 22.2. The molecule has 3 aromatic carbocycles. The number of carbonyl (C=O) groups is 2. The van der Waals surface area contributed by atoms with E-state index in [1.54, 1.807) is 4.90 Å². The summed E-state index contributed by atoms with van der Waals surface area (Å²) in [6.07, 6.45) is 0.331. The third kappa shape index (κ3) is 6.29. The predicted molar refractivity (Wildman–Crippen MR) is 126 cm³/mol. The van der Waals surface area contributed by atoms with Crippen molar-refractivity contribution in [2.75, 3.05) is 11.4 Å². The molecule has 0 saturated carbocycles. The molecule has 4 heteroatoms. The van der Waals surface area contributed by atoms with Gasteiger partial charge in [-0.3, -0.25) is 9.59 Å². The number of amides is 2.